The third-order valence-corrected chi connectivity index (χ3v) is 6.03. The van der Waals surface area contributed by atoms with Gasteiger partial charge in [-0.05, 0) is 54.2 Å². The molecule has 0 unspecified atom stereocenters. The largest absolute Gasteiger partial charge is 0.459 e. The summed E-state index contributed by atoms with van der Waals surface area (Å²) < 4.78 is 6.28. The minimum Gasteiger partial charge on any atom is -0.459 e. The lowest BCUT2D eigenvalue weighted by Crippen LogP contribution is -2.29. The molecule has 0 bridgehead atoms. The third kappa shape index (κ3) is 4.20. The number of nitro groups is 1. The van der Waals surface area contributed by atoms with E-state index in [4.69, 9.17) is 16.6 Å². The Morgan fingerprint density at radius 1 is 1.00 bits per heavy atom. The summed E-state index contributed by atoms with van der Waals surface area (Å²) in [5.74, 6) is 1.37. The molecule has 8 heteroatoms. The number of hydrogen-bond acceptors (Lipinski definition) is 5. The van der Waals surface area contributed by atoms with E-state index in [9.17, 15) is 10.1 Å². The highest BCUT2D eigenvalue weighted by Crippen LogP contribution is 2.41. The van der Waals surface area contributed by atoms with E-state index in [2.05, 4.69) is 27.3 Å². The SMILES string of the molecule is O=[N+]([O-])c1ccc(-c2ccc([C@@H]3[C@H](c4ccccn4)NC(=S)N3Cc3ccccc3)o2)cc1. The van der Waals surface area contributed by atoms with Gasteiger partial charge in [0, 0.05) is 30.4 Å². The van der Waals surface area contributed by atoms with Crippen molar-refractivity contribution in [2.75, 3.05) is 0 Å². The van der Waals surface area contributed by atoms with Crippen LogP contribution >= 0.6 is 12.2 Å². The van der Waals surface area contributed by atoms with Crippen LogP contribution in [0.2, 0.25) is 0 Å². The molecule has 1 N–H and O–H groups in total. The van der Waals surface area contributed by atoms with Gasteiger partial charge in [0.15, 0.2) is 5.11 Å². The average Bonchev–Trinajstić information content (AvgIpc) is 3.45. The first-order valence-electron chi connectivity index (χ1n) is 10.5. The van der Waals surface area contributed by atoms with Gasteiger partial charge >= 0.3 is 0 Å². The summed E-state index contributed by atoms with van der Waals surface area (Å²) in [4.78, 5) is 17.2. The fourth-order valence-electron chi connectivity index (χ4n) is 4.08. The molecule has 1 saturated heterocycles. The fourth-order valence-corrected chi connectivity index (χ4v) is 4.38. The molecule has 2 aromatic heterocycles. The average molecular weight is 457 g/mol. The molecule has 7 nitrogen and oxygen atoms in total. The predicted molar refractivity (Wildman–Crippen MR) is 128 cm³/mol. The van der Waals surface area contributed by atoms with Crippen molar-refractivity contribution in [2.45, 2.75) is 18.6 Å². The molecular weight excluding hydrogens is 436 g/mol. The lowest BCUT2D eigenvalue weighted by Gasteiger charge is -2.26. The molecule has 1 fully saturated rings. The van der Waals surface area contributed by atoms with Gasteiger partial charge in [0.05, 0.1) is 16.7 Å². The summed E-state index contributed by atoms with van der Waals surface area (Å²) in [5.41, 5.74) is 2.81. The smallest absolute Gasteiger partial charge is 0.269 e. The molecular formula is C25H20N4O3S. The van der Waals surface area contributed by atoms with Gasteiger partial charge in [0.1, 0.15) is 17.6 Å². The van der Waals surface area contributed by atoms with E-state index in [1.807, 2.05) is 48.5 Å². The van der Waals surface area contributed by atoms with Crippen LogP contribution in [0.15, 0.2) is 95.5 Å². The van der Waals surface area contributed by atoms with Gasteiger partial charge in [0.2, 0.25) is 0 Å². The van der Waals surface area contributed by atoms with E-state index in [0.717, 1.165) is 22.6 Å². The molecule has 164 valence electrons. The summed E-state index contributed by atoms with van der Waals surface area (Å²) >= 11 is 5.71. The number of rotatable bonds is 6. The van der Waals surface area contributed by atoms with Crippen LogP contribution < -0.4 is 5.32 Å². The first-order valence-corrected chi connectivity index (χ1v) is 10.9. The zero-order valence-electron chi connectivity index (χ0n) is 17.5. The number of benzene rings is 2. The van der Waals surface area contributed by atoms with Crippen LogP contribution in [-0.4, -0.2) is 19.9 Å². The quantitative estimate of drug-likeness (QED) is 0.235. The maximum Gasteiger partial charge on any atom is 0.269 e. The van der Waals surface area contributed by atoms with Crippen molar-refractivity contribution in [3.05, 3.63) is 118 Å². The fraction of sp³-hybridized carbons (Fsp3) is 0.120. The highest BCUT2D eigenvalue weighted by atomic mass is 32.1. The van der Waals surface area contributed by atoms with Gasteiger partial charge in [-0.25, -0.2) is 0 Å². The lowest BCUT2D eigenvalue weighted by molar-refractivity contribution is -0.384. The molecule has 2 atom stereocenters. The number of nitrogens with zero attached hydrogens (tertiary/aromatic N) is 3. The summed E-state index contributed by atoms with van der Waals surface area (Å²) in [5, 5.41) is 15.0. The van der Waals surface area contributed by atoms with E-state index < -0.39 is 4.92 Å². The molecule has 1 aliphatic heterocycles. The molecule has 2 aromatic carbocycles. The van der Waals surface area contributed by atoms with Gasteiger partial charge in [-0.1, -0.05) is 36.4 Å². The number of thiocarbonyl (C=S) groups is 1. The van der Waals surface area contributed by atoms with Crippen molar-refractivity contribution >= 4 is 23.0 Å². The number of nitro benzene ring substituents is 1. The molecule has 0 spiro atoms. The topological polar surface area (TPSA) is 84.4 Å². The van der Waals surface area contributed by atoms with Gasteiger partial charge in [0.25, 0.3) is 5.69 Å². The molecule has 3 heterocycles. The molecule has 0 radical (unpaired) electrons. The number of hydrogen-bond donors (Lipinski definition) is 1. The summed E-state index contributed by atoms with van der Waals surface area (Å²) in [6.07, 6.45) is 1.77. The number of nitrogens with one attached hydrogen (secondary N) is 1. The van der Waals surface area contributed by atoms with Crippen LogP contribution in [0.3, 0.4) is 0 Å². The third-order valence-electron chi connectivity index (χ3n) is 5.67. The van der Waals surface area contributed by atoms with Crippen molar-refractivity contribution in [3.63, 3.8) is 0 Å². The second kappa shape index (κ2) is 8.84. The van der Waals surface area contributed by atoms with Crippen LogP contribution in [0.4, 0.5) is 5.69 Å². The zero-order chi connectivity index (χ0) is 22.8. The normalized spacial score (nSPS) is 17.7. The second-order valence-electron chi connectivity index (χ2n) is 7.75. The van der Waals surface area contributed by atoms with E-state index >= 15 is 0 Å². The minimum absolute atomic E-state index is 0.0418. The molecule has 0 aliphatic carbocycles. The Morgan fingerprint density at radius 2 is 1.76 bits per heavy atom. The van der Waals surface area contributed by atoms with Crippen molar-refractivity contribution in [1.29, 1.82) is 0 Å². The first-order chi connectivity index (χ1) is 16.1. The summed E-state index contributed by atoms with van der Waals surface area (Å²) in [6.45, 7) is 0.619. The highest BCUT2D eigenvalue weighted by molar-refractivity contribution is 7.80. The summed E-state index contributed by atoms with van der Waals surface area (Å²) in [6, 6.07) is 25.7. The van der Waals surface area contributed by atoms with E-state index in [-0.39, 0.29) is 17.8 Å². The standard InChI is InChI=1S/C25H20N4O3S/c30-29(31)19-11-9-18(10-12-19)21-13-14-22(32-21)24-23(20-8-4-5-15-26-20)27-25(33)28(24)16-17-6-2-1-3-7-17/h1-15,23-24H,16H2,(H,27,33)/t23-,24+/m0/s1. The van der Waals surface area contributed by atoms with Crippen molar-refractivity contribution < 1.29 is 9.34 Å². The molecule has 0 amide bonds. The molecule has 1 aliphatic rings. The van der Waals surface area contributed by atoms with E-state index in [0.29, 0.717) is 17.4 Å². The Morgan fingerprint density at radius 3 is 2.45 bits per heavy atom. The molecule has 0 saturated carbocycles. The Kier molecular flexibility index (Phi) is 5.58. The van der Waals surface area contributed by atoms with Gasteiger partial charge in [-0.2, -0.15) is 0 Å². The van der Waals surface area contributed by atoms with Crippen LogP contribution in [0, 0.1) is 10.1 Å². The maximum absolute atomic E-state index is 11.0. The Hall–Kier alpha value is -4.04. The summed E-state index contributed by atoms with van der Waals surface area (Å²) in [7, 11) is 0. The first kappa shape index (κ1) is 20.8. The Balaban J connectivity index is 1.51. The Labute approximate surface area is 195 Å². The zero-order valence-corrected chi connectivity index (χ0v) is 18.3. The van der Waals surface area contributed by atoms with Crippen molar-refractivity contribution in [2.24, 2.45) is 0 Å². The Bertz CT molecular complexity index is 1280. The number of pyridine rings is 1. The number of furan rings is 1. The predicted octanol–water partition coefficient (Wildman–Crippen LogP) is 5.42. The van der Waals surface area contributed by atoms with Crippen LogP contribution in [-0.2, 0) is 6.54 Å². The van der Waals surface area contributed by atoms with Crippen LogP contribution in [0.1, 0.15) is 29.1 Å². The van der Waals surface area contributed by atoms with Crippen LogP contribution in [0.25, 0.3) is 11.3 Å². The van der Waals surface area contributed by atoms with Gasteiger partial charge in [-0.15, -0.1) is 0 Å². The minimum atomic E-state index is -0.415. The van der Waals surface area contributed by atoms with E-state index in [1.54, 1.807) is 18.3 Å². The number of non-ortho nitro benzene ring substituents is 1. The van der Waals surface area contributed by atoms with Crippen molar-refractivity contribution in [3.8, 4) is 11.3 Å². The second-order valence-corrected chi connectivity index (χ2v) is 8.13. The molecule has 4 aromatic rings. The highest BCUT2D eigenvalue weighted by Gasteiger charge is 2.41. The van der Waals surface area contributed by atoms with E-state index in [1.165, 1.54) is 12.1 Å². The monoisotopic (exact) mass is 456 g/mol. The van der Waals surface area contributed by atoms with Crippen LogP contribution in [0.5, 0.6) is 0 Å². The number of aromatic nitrogens is 1. The molecule has 33 heavy (non-hydrogen) atoms. The van der Waals surface area contributed by atoms with Crippen molar-refractivity contribution in [1.82, 2.24) is 15.2 Å². The van der Waals surface area contributed by atoms with Gasteiger partial charge in [-0.3, -0.25) is 15.1 Å². The molecule has 5 rings (SSSR count). The maximum atomic E-state index is 11.0. The van der Waals surface area contributed by atoms with Gasteiger partial charge < -0.3 is 14.6 Å². The lowest BCUT2D eigenvalue weighted by atomic mass is 10.0.